The maximum Gasteiger partial charge on any atom is 0.190 e. The number of unbranched alkanes of at least 4 members (excludes halogenated alkanes) is 1. The van der Waals surface area contributed by atoms with E-state index in [4.69, 9.17) is 0 Å². The molecule has 0 saturated heterocycles. The third-order valence-electron chi connectivity index (χ3n) is 3.48. The number of nitrogens with zero attached hydrogens (tertiary/aromatic N) is 1. The molecule has 0 saturated carbocycles. The Kier molecular flexibility index (Phi) is 8.99. The van der Waals surface area contributed by atoms with Gasteiger partial charge in [-0.05, 0) is 43.3 Å². The molecule has 1 atom stereocenters. The standard InChI is InChI=1S/C17H29N3S/c1-14-8-7-9-16(12-14)15(2)13-20-17(18-3)19-10-5-6-11-21-4/h7-9,12,15H,5-6,10-11,13H2,1-4H3,(H2,18,19,20). The molecule has 4 heteroatoms. The van der Waals surface area contributed by atoms with Gasteiger partial charge in [-0.1, -0.05) is 36.8 Å². The summed E-state index contributed by atoms with van der Waals surface area (Å²) in [6.45, 7) is 6.26. The van der Waals surface area contributed by atoms with E-state index in [2.05, 4.69) is 60.0 Å². The second kappa shape index (κ2) is 10.6. The number of aliphatic imine (C=N–C) groups is 1. The molecule has 1 aromatic carbocycles. The molecular weight excluding hydrogens is 278 g/mol. The Labute approximate surface area is 134 Å². The van der Waals surface area contributed by atoms with Gasteiger partial charge < -0.3 is 10.6 Å². The summed E-state index contributed by atoms with van der Waals surface area (Å²) in [6.07, 6.45) is 4.60. The molecule has 2 N–H and O–H groups in total. The van der Waals surface area contributed by atoms with E-state index in [0.29, 0.717) is 5.92 Å². The predicted octanol–water partition coefficient (Wildman–Crippen LogP) is 3.41. The quantitative estimate of drug-likeness (QED) is 0.439. The van der Waals surface area contributed by atoms with E-state index in [1.165, 1.54) is 29.7 Å². The van der Waals surface area contributed by atoms with Crippen molar-refractivity contribution in [3.05, 3.63) is 35.4 Å². The molecule has 0 amide bonds. The van der Waals surface area contributed by atoms with Crippen LogP contribution in [0.3, 0.4) is 0 Å². The number of rotatable bonds is 8. The van der Waals surface area contributed by atoms with Gasteiger partial charge in [0.2, 0.25) is 0 Å². The van der Waals surface area contributed by atoms with Gasteiger partial charge in [0, 0.05) is 20.1 Å². The van der Waals surface area contributed by atoms with Crippen LogP contribution in [0.5, 0.6) is 0 Å². The Morgan fingerprint density at radius 2 is 2.10 bits per heavy atom. The summed E-state index contributed by atoms with van der Waals surface area (Å²) in [5.41, 5.74) is 2.69. The third kappa shape index (κ3) is 7.42. The van der Waals surface area contributed by atoms with Crippen LogP contribution in [0.4, 0.5) is 0 Å². The molecule has 1 unspecified atom stereocenters. The zero-order chi connectivity index (χ0) is 15.5. The zero-order valence-electron chi connectivity index (χ0n) is 13.8. The Morgan fingerprint density at radius 3 is 2.76 bits per heavy atom. The van der Waals surface area contributed by atoms with Crippen molar-refractivity contribution in [2.24, 2.45) is 4.99 Å². The second-order valence-electron chi connectivity index (χ2n) is 5.39. The summed E-state index contributed by atoms with van der Waals surface area (Å²) in [7, 11) is 1.83. The number of nitrogens with one attached hydrogen (secondary N) is 2. The highest BCUT2D eigenvalue weighted by molar-refractivity contribution is 7.98. The second-order valence-corrected chi connectivity index (χ2v) is 6.38. The zero-order valence-corrected chi connectivity index (χ0v) is 14.6. The highest BCUT2D eigenvalue weighted by atomic mass is 32.2. The van der Waals surface area contributed by atoms with Crippen LogP contribution in [-0.4, -0.2) is 38.1 Å². The molecule has 0 aliphatic heterocycles. The minimum atomic E-state index is 0.472. The van der Waals surface area contributed by atoms with Crippen molar-refractivity contribution in [3.8, 4) is 0 Å². The van der Waals surface area contributed by atoms with Crippen LogP contribution < -0.4 is 10.6 Å². The minimum Gasteiger partial charge on any atom is -0.356 e. The van der Waals surface area contributed by atoms with Crippen molar-refractivity contribution in [1.82, 2.24) is 10.6 Å². The predicted molar refractivity (Wildman–Crippen MR) is 96.6 cm³/mol. The summed E-state index contributed by atoms with van der Waals surface area (Å²) < 4.78 is 0. The molecule has 0 bridgehead atoms. The largest absolute Gasteiger partial charge is 0.356 e. The topological polar surface area (TPSA) is 36.4 Å². The fourth-order valence-corrected chi connectivity index (χ4v) is 2.64. The summed E-state index contributed by atoms with van der Waals surface area (Å²) >= 11 is 1.91. The van der Waals surface area contributed by atoms with E-state index in [9.17, 15) is 0 Å². The molecule has 21 heavy (non-hydrogen) atoms. The molecule has 0 aliphatic rings. The van der Waals surface area contributed by atoms with Crippen molar-refractivity contribution in [2.45, 2.75) is 32.6 Å². The molecule has 0 aliphatic carbocycles. The van der Waals surface area contributed by atoms with Gasteiger partial charge in [0.05, 0.1) is 0 Å². The number of benzene rings is 1. The van der Waals surface area contributed by atoms with E-state index in [1.54, 1.807) is 0 Å². The highest BCUT2D eigenvalue weighted by Gasteiger charge is 2.06. The van der Waals surface area contributed by atoms with Gasteiger partial charge in [0.1, 0.15) is 0 Å². The van der Waals surface area contributed by atoms with E-state index >= 15 is 0 Å². The normalized spacial score (nSPS) is 13.0. The van der Waals surface area contributed by atoms with Crippen LogP contribution in [0.25, 0.3) is 0 Å². The number of hydrogen-bond donors (Lipinski definition) is 2. The van der Waals surface area contributed by atoms with Gasteiger partial charge in [0.25, 0.3) is 0 Å². The van der Waals surface area contributed by atoms with Crippen molar-refractivity contribution in [1.29, 1.82) is 0 Å². The van der Waals surface area contributed by atoms with Gasteiger partial charge in [-0.3, -0.25) is 4.99 Å². The van der Waals surface area contributed by atoms with Crippen LogP contribution in [0.15, 0.2) is 29.3 Å². The van der Waals surface area contributed by atoms with Crippen LogP contribution in [0, 0.1) is 6.92 Å². The van der Waals surface area contributed by atoms with Crippen molar-refractivity contribution >= 4 is 17.7 Å². The minimum absolute atomic E-state index is 0.472. The molecule has 118 valence electrons. The van der Waals surface area contributed by atoms with Crippen LogP contribution in [-0.2, 0) is 0 Å². The van der Waals surface area contributed by atoms with E-state index in [-0.39, 0.29) is 0 Å². The number of thioether (sulfide) groups is 1. The lowest BCUT2D eigenvalue weighted by Gasteiger charge is -2.16. The molecule has 0 radical (unpaired) electrons. The maximum atomic E-state index is 4.28. The first kappa shape index (κ1) is 17.9. The summed E-state index contributed by atoms with van der Waals surface area (Å²) in [5, 5.41) is 6.79. The molecule has 0 heterocycles. The average molecular weight is 308 g/mol. The van der Waals surface area contributed by atoms with Gasteiger partial charge in [0.15, 0.2) is 5.96 Å². The van der Waals surface area contributed by atoms with Crippen LogP contribution in [0.2, 0.25) is 0 Å². The first-order valence-corrected chi connectivity index (χ1v) is 9.06. The lowest BCUT2D eigenvalue weighted by molar-refractivity contribution is 0.686. The van der Waals surface area contributed by atoms with Gasteiger partial charge in [-0.2, -0.15) is 11.8 Å². The SMILES string of the molecule is CN=C(NCCCCSC)NCC(C)c1cccc(C)c1. The fraction of sp³-hybridized carbons (Fsp3) is 0.588. The van der Waals surface area contributed by atoms with E-state index in [1.807, 2.05) is 18.8 Å². The van der Waals surface area contributed by atoms with Crippen LogP contribution in [0.1, 0.15) is 36.8 Å². The smallest absolute Gasteiger partial charge is 0.190 e. The Morgan fingerprint density at radius 1 is 1.29 bits per heavy atom. The monoisotopic (exact) mass is 307 g/mol. The fourth-order valence-electron chi connectivity index (χ4n) is 2.14. The van der Waals surface area contributed by atoms with Crippen molar-refractivity contribution in [2.75, 3.05) is 32.1 Å². The van der Waals surface area contributed by atoms with Gasteiger partial charge in [-0.25, -0.2) is 0 Å². The molecule has 1 rings (SSSR count). The lowest BCUT2D eigenvalue weighted by Crippen LogP contribution is -2.39. The Hall–Kier alpha value is -1.16. The molecule has 1 aromatic rings. The number of aryl methyl sites for hydroxylation is 1. The van der Waals surface area contributed by atoms with Gasteiger partial charge in [-0.15, -0.1) is 0 Å². The number of hydrogen-bond acceptors (Lipinski definition) is 2. The molecular formula is C17H29N3S. The summed E-state index contributed by atoms with van der Waals surface area (Å²) in [6, 6.07) is 8.71. The Bertz CT molecular complexity index is 432. The van der Waals surface area contributed by atoms with E-state index < -0.39 is 0 Å². The van der Waals surface area contributed by atoms with Gasteiger partial charge >= 0.3 is 0 Å². The van der Waals surface area contributed by atoms with E-state index in [0.717, 1.165) is 19.0 Å². The highest BCUT2D eigenvalue weighted by Crippen LogP contribution is 2.15. The molecule has 0 fully saturated rings. The summed E-state index contributed by atoms with van der Waals surface area (Å²) in [5.74, 6) is 2.61. The molecule has 0 aromatic heterocycles. The molecule has 0 spiro atoms. The first-order chi connectivity index (χ1) is 10.2. The van der Waals surface area contributed by atoms with Crippen LogP contribution >= 0.6 is 11.8 Å². The first-order valence-electron chi connectivity index (χ1n) is 7.67. The molecule has 3 nitrogen and oxygen atoms in total. The van der Waals surface area contributed by atoms with Crippen molar-refractivity contribution in [3.63, 3.8) is 0 Å². The van der Waals surface area contributed by atoms with Crippen molar-refractivity contribution < 1.29 is 0 Å². The summed E-state index contributed by atoms with van der Waals surface area (Å²) in [4.78, 5) is 4.28. The number of guanidine groups is 1. The lowest BCUT2D eigenvalue weighted by atomic mass is 9.99. The maximum absolute atomic E-state index is 4.28. The Balaban J connectivity index is 2.31. The third-order valence-corrected chi connectivity index (χ3v) is 4.18. The average Bonchev–Trinajstić information content (AvgIpc) is 2.49.